The first kappa shape index (κ1) is 22.1. The summed E-state index contributed by atoms with van der Waals surface area (Å²) in [5, 5.41) is 12.1. The van der Waals surface area contributed by atoms with Crippen molar-refractivity contribution in [1.29, 1.82) is 0 Å². The van der Waals surface area contributed by atoms with Crippen LogP contribution in [0.25, 0.3) is 16.7 Å². The molecule has 1 unspecified atom stereocenters. The van der Waals surface area contributed by atoms with Crippen molar-refractivity contribution in [2.24, 2.45) is 0 Å². The quantitative estimate of drug-likeness (QED) is 0.201. The van der Waals surface area contributed by atoms with E-state index in [1.165, 1.54) is 17.0 Å². The fourth-order valence-electron chi connectivity index (χ4n) is 4.44. The van der Waals surface area contributed by atoms with Crippen molar-refractivity contribution < 1.29 is 19.1 Å². The third-order valence-corrected chi connectivity index (χ3v) is 6.67. The average Bonchev–Trinajstić information content (AvgIpc) is 3.37. The number of benzene rings is 3. The zero-order valence-electron chi connectivity index (χ0n) is 18.0. The number of Topliss-reactive ketones (excluding diaryl/α,β-unsaturated/α-hetero) is 1. The van der Waals surface area contributed by atoms with Gasteiger partial charge in [-0.25, -0.2) is 4.39 Å². The largest absolute Gasteiger partial charge is 0.507 e. The SMILES string of the molecule is O=C1C(=O)N(CCc2c[nH]c3ccccc23)C(c2ccc(F)cc2)/C1=C(/O)c1ccc(Br)cc1. The Hall–Kier alpha value is -3.71. The predicted octanol–water partition coefficient (Wildman–Crippen LogP) is 5.73. The molecule has 1 fully saturated rings. The molecule has 0 radical (unpaired) electrons. The van der Waals surface area contributed by atoms with Crippen LogP contribution >= 0.6 is 15.9 Å². The highest BCUT2D eigenvalue weighted by atomic mass is 79.9. The topological polar surface area (TPSA) is 73.4 Å². The second kappa shape index (κ2) is 8.91. The Morgan fingerprint density at radius 1 is 1.00 bits per heavy atom. The second-order valence-electron chi connectivity index (χ2n) is 8.16. The maximum Gasteiger partial charge on any atom is 0.295 e. The Balaban J connectivity index is 1.56. The number of carbonyl (C=O) groups is 2. The number of para-hydroxylation sites is 1. The van der Waals surface area contributed by atoms with Crippen LogP contribution < -0.4 is 0 Å². The van der Waals surface area contributed by atoms with Gasteiger partial charge in [-0.1, -0.05) is 58.4 Å². The van der Waals surface area contributed by atoms with Crippen molar-refractivity contribution in [2.45, 2.75) is 12.5 Å². The van der Waals surface area contributed by atoms with E-state index in [9.17, 15) is 19.1 Å². The van der Waals surface area contributed by atoms with E-state index in [2.05, 4.69) is 20.9 Å². The van der Waals surface area contributed by atoms with Gasteiger partial charge in [-0.05, 0) is 47.9 Å². The summed E-state index contributed by atoms with van der Waals surface area (Å²) in [6.45, 7) is 0.256. The zero-order chi connectivity index (χ0) is 23.8. The number of H-pyrrole nitrogens is 1. The Labute approximate surface area is 203 Å². The molecule has 3 aromatic carbocycles. The molecule has 1 aliphatic rings. The maximum atomic E-state index is 13.6. The summed E-state index contributed by atoms with van der Waals surface area (Å²) in [6, 6.07) is 19.5. The van der Waals surface area contributed by atoms with Crippen molar-refractivity contribution in [2.75, 3.05) is 6.54 Å². The van der Waals surface area contributed by atoms with E-state index < -0.39 is 23.5 Å². The van der Waals surface area contributed by atoms with Gasteiger partial charge in [0.25, 0.3) is 11.7 Å². The minimum atomic E-state index is -0.825. The lowest BCUT2D eigenvalue weighted by molar-refractivity contribution is -0.139. The number of halogens is 2. The Kier molecular flexibility index (Phi) is 5.79. The highest BCUT2D eigenvalue weighted by molar-refractivity contribution is 9.10. The third kappa shape index (κ3) is 3.92. The fraction of sp³-hybridized carbons (Fsp3) is 0.111. The van der Waals surface area contributed by atoms with E-state index in [1.54, 1.807) is 36.4 Å². The van der Waals surface area contributed by atoms with Gasteiger partial charge in [0, 0.05) is 33.7 Å². The summed E-state index contributed by atoms with van der Waals surface area (Å²) in [6.07, 6.45) is 2.41. The van der Waals surface area contributed by atoms with Gasteiger partial charge in [0.2, 0.25) is 0 Å². The highest BCUT2D eigenvalue weighted by Crippen LogP contribution is 2.39. The van der Waals surface area contributed by atoms with Gasteiger partial charge in [0.15, 0.2) is 0 Å². The van der Waals surface area contributed by atoms with E-state index in [0.717, 1.165) is 20.9 Å². The molecule has 1 amide bonds. The van der Waals surface area contributed by atoms with Gasteiger partial charge in [-0.15, -0.1) is 0 Å². The van der Waals surface area contributed by atoms with Crippen LogP contribution in [-0.4, -0.2) is 33.2 Å². The number of likely N-dealkylation sites (tertiary alicyclic amines) is 1. The first-order valence-electron chi connectivity index (χ1n) is 10.8. The summed E-state index contributed by atoms with van der Waals surface area (Å²) in [7, 11) is 0. The molecule has 4 aromatic rings. The molecule has 170 valence electrons. The minimum absolute atomic E-state index is 0.00198. The van der Waals surface area contributed by atoms with Gasteiger partial charge in [0.05, 0.1) is 11.6 Å². The van der Waals surface area contributed by atoms with Crippen LogP contribution in [0.1, 0.15) is 22.7 Å². The normalized spacial score (nSPS) is 17.6. The first-order valence-corrected chi connectivity index (χ1v) is 11.6. The Morgan fingerprint density at radius 3 is 2.44 bits per heavy atom. The third-order valence-electron chi connectivity index (χ3n) is 6.14. The number of rotatable bonds is 5. The number of ketones is 1. The van der Waals surface area contributed by atoms with E-state index >= 15 is 0 Å². The lowest BCUT2D eigenvalue weighted by Crippen LogP contribution is -2.31. The number of fused-ring (bicyclic) bond motifs is 1. The van der Waals surface area contributed by atoms with Gasteiger partial charge in [-0.3, -0.25) is 9.59 Å². The smallest absolute Gasteiger partial charge is 0.295 e. The van der Waals surface area contributed by atoms with Crippen LogP contribution in [0.4, 0.5) is 4.39 Å². The number of nitrogens with one attached hydrogen (secondary N) is 1. The molecule has 1 aliphatic heterocycles. The number of carbonyl (C=O) groups excluding carboxylic acids is 2. The van der Waals surface area contributed by atoms with Crippen LogP contribution in [0.15, 0.2) is 89.0 Å². The fourth-order valence-corrected chi connectivity index (χ4v) is 4.71. The molecule has 1 aromatic heterocycles. The van der Waals surface area contributed by atoms with Crippen LogP contribution in [0.2, 0.25) is 0 Å². The first-order chi connectivity index (χ1) is 16.4. The number of aliphatic hydroxyl groups is 1. The van der Waals surface area contributed by atoms with E-state index in [-0.39, 0.29) is 17.9 Å². The summed E-state index contributed by atoms with van der Waals surface area (Å²) in [5.74, 6) is -2.12. The van der Waals surface area contributed by atoms with Crippen LogP contribution in [0.3, 0.4) is 0 Å². The molecule has 34 heavy (non-hydrogen) atoms. The van der Waals surface area contributed by atoms with E-state index in [0.29, 0.717) is 17.5 Å². The number of hydrogen-bond donors (Lipinski definition) is 2. The second-order valence-corrected chi connectivity index (χ2v) is 9.08. The molecular weight excluding hydrogens is 499 g/mol. The van der Waals surface area contributed by atoms with Crippen molar-refractivity contribution in [3.8, 4) is 0 Å². The highest BCUT2D eigenvalue weighted by Gasteiger charge is 2.45. The van der Waals surface area contributed by atoms with Crippen molar-refractivity contribution in [3.63, 3.8) is 0 Å². The number of aliphatic hydroxyl groups excluding tert-OH is 1. The molecule has 2 heterocycles. The molecule has 0 aliphatic carbocycles. The lowest BCUT2D eigenvalue weighted by atomic mass is 9.95. The van der Waals surface area contributed by atoms with Crippen LogP contribution in [0.5, 0.6) is 0 Å². The number of aromatic amines is 1. The van der Waals surface area contributed by atoms with Crippen molar-refractivity contribution in [3.05, 3.63) is 112 Å². The minimum Gasteiger partial charge on any atom is -0.507 e. The monoisotopic (exact) mass is 518 g/mol. The van der Waals surface area contributed by atoms with Crippen molar-refractivity contribution >= 4 is 44.3 Å². The Bertz CT molecular complexity index is 1420. The van der Waals surface area contributed by atoms with Gasteiger partial charge in [0.1, 0.15) is 11.6 Å². The summed E-state index contributed by atoms with van der Waals surface area (Å²) in [5.41, 5.74) is 2.98. The van der Waals surface area contributed by atoms with E-state index in [4.69, 9.17) is 0 Å². The summed E-state index contributed by atoms with van der Waals surface area (Å²) in [4.78, 5) is 30.9. The number of hydrogen-bond acceptors (Lipinski definition) is 3. The lowest BCUT2D eigenvalue weighted by Gasteiger charge is -2.25. The van der Waals surface area contributed by atoms with Gasteiger partial charge < -0.3 is 15.0 Å². The molecule has 1 saturated heterocycles. The summed E-state index contributed by atoms with van der Waals surface area (Å²) < 4.78 is 14.5. The average molecular weight is 519 g/mol. The number of aromatic nitrogens is 1. The molecule has 5 rings (SSSR count). The molecule has 5 nitrogen and oxygen atoms in total. The zero-order valence-corrected chi connectivity index (χ0v) is 19.5. The molecule has 1 atom stereocenters. The Morgan fingerprint density at radius 2 is 1.71 bits per heavy atom. The van der Waals surface area contributed by atoms with Crippen LogP contribution in [-0.2, 0) is 16.0 Å². The van der Waals surface area contributed by atoms with Crippen LogP contribution in [0, 0.1) is 5.82 Å². The maximum absolute atomic E-state index is 13.6. The van der Waals surface area contributed by atoms with E-state index in [1.807, 2.05) is 30.5 Å². The van der Waals surface area contributed by atoms with Gasteiger partial charge in [-0.2, -0.15) is 0 Å². The number of amides is 1. The number of nitrogens with zero attached hydrogens (tertiary/aromatic N) is 1. The van der Waals surface area contributed by atoms with Crippen molar-refractivity contribution in [1.82, 2.24) is 9.88 Å². The molecule has 2 N–H and O–H groups in total. The van der Waals surface area contributed by atoms with Gasteiger partial charge >= 0.3 is 0 Å². The summed E-state index contributed by atoms with van der Waals surface area (Å²) >= 11 is 3.36. The predicted molar refractivity (Wildman–Crippen MR) is 132 cm³/mol. The standard InChI is InChI=1S/C27H20BrFN2O3/c28-19-9-5-17(6-10-19)25(32)23-24(16-7-11-20(29)12-8-16)31(27(34)26(23)33)14-13-18-15-30-22-4-2-1-3-21(18)22/h1-12,15,24,30,32H,13-14H2/b25-23-. The molecule has 0 bridgehead atoms. The molecule has 7 heteroatoms. The molecule has 0 saturated carbocycles. The molecular formula is C27H20BrFN2O3. The molecule has 0 spiro atoms.